The van der Waals surface area contributed by atoms with Crippen molar-refractivity contribution in [1.29, 1.82) is 0 Å². The highest BCUT2D eigenvalue weighted by molar-refractivity contribution is 5.67. The minimum atomic E-state index is -0.481. The molecule has 1 rings (SSSR count). The second-order valence-corrected chi connectivity index (χ2v) is 4.11. The molecule has 0 atom stereocenters. The van der Waals surface area contributed by atoms with Gasteiger partial charge in [0, 0.05) is 5.41 Å². The van der Waals surface area contributed by atoms with E-state index >= 15 is 0 Å². The van der Waals surface area contributed by atoms with Crippen molar-refractivity contribution >= 4 is 12.4 Å². The number of aldehydes is 1. The summed E-state index contributed by atoms with van der Waals surface area (Å²) in [6.07, 6.45) is 4.78. The summed E-state index contributed by atoms with van der Waals surface area (Å²) in [4.78, 5) is 10.8. The zero-order valence-corrected chi connectivity index (χ0v) is 9.23. The maximum Gasteiger partial charge on any atom is 0.129 e. The van der Waals surface area contributed by atoms with Crippen LogP contribution in [-0.2, 0) is 4.79 Å². The lowest BCUT2D eigenvalue weighted by atomic mass is 9.86. The first-order valence-electron chi connectivity index (χ1n) is 4.95. The van der Waals surface area contributed by atoms with Crippen molar-refractivity contribution in [1.82, 2.24) is 0 Å². The highest BCUT2D eigenvalue weighted by Crippen LogP contribution is 2.23. The Labute approximate surface area is 91.1 Å². The van der Waals surface area contributed by atoms with Gasteiger partial charge < -0.3 is 4.79 Å². The summed E-state index contributed by atoms with van der Waals surface area (Å²) in [5, 5.41) is 0. The molecule has 0 fully saturated rings. The van der Waals surface area contributed by atoms with Crippen LogP contribution in [0.2, 0.25) is 0 Å². The van der Waals surface area contributed by atoms with Crippen LogP contribution < -0.4 is 0 Å². The van der Waals surface area contributed by atoms with Gasteiger partial charge in [0.05, 0.1) is 0 Å². The Morgan fingerprint density at radius 1 is 1.27 bits per heavy atom. The van der Waals surface area contributed by atoms with Crippen molar-refractivity contribution in [2.45, 2.75) is 13.8 Å². The molecule has 0 aliphatic carbocycles. The van der Waals surface area contributed by atoms with Gasteiger partial charge in [-0.3, -0.25) is 0 Å². The second-order valence-electron chi connectivity index (χ2n) is 4.11. The molecule has 0 aliphatic heterocycles. The Balaban J connectivity index is 2.75. The quantitative estimate of drug-likeness (QED) is 0.537. The third-order valence-corrected chi connectivity index (χ3v) is 2.40. The van der Waals surface area contributed by atoms with Gasteiger partial charge in [-0.25, -0.2) is 0 Å². The van der Waals surface area contributed by atoms with E-state index in [4.69, 9.17) is 0 Å². The fourth-order valence-corrected chi connectivity index (χ4v) is 1.05. The molecule has 0 unspecified atom stereocenters. The van der Waals surface area contributed by atoms with Gasteiger partial charge in [0.25, 0.3) is 0 Å². The first kappa shape index (κ1) is 11.4. The van der Waals surface area contributed by atoms with Crippen molar-refractivity contribution in [2.75, 3.05) is 0 Å². The van der Waals surface area contributed by atoms with Crippen LogP contribution in [0.1, 0.15) is 19.4 Å². The molecule has 0 aromatic heterocycles. The van der Waals surface area contributed by atoms with E-state index < -0.39 is 5.41 Å². The number of carbonyl (C=O) groups is 1. The van der Waals surface area contributed by atoms with Gasteiger partial charge in [-0.05, 0) is 25.0 Å². The molecule has 0 bridgehead atoms. The standard InChI is InChI=1S/C14H16O/c1-12(14(2,3)11-15)9-10-13-7-5-4-6-8-13/h4-11H,1H2,2-3H3/b10-9+. The lowest BCUT2D eigenvalue weighted by Crippen LogP contribution is -2.13. The van der Waals surface area contributed by atoms with E-state index in [2.05, 4.69) is 6.58 Å². The second kappa shape index (κ2) is 4.74. The van der Waals surface area contributed by atoms with Gasteiger partial charge in [0.1, 0.15) is 6.29 Å². The average Bonchev–Trinajstić information content (AvgIpc) is 2.27. The van der Waals surface area contributed by atoms with Gasteiger partial charge in [-0.2, -0.15) is 0 Å². The smallest absolute Gasteiger partial charge is 0.129 e. The van der Waals surface area contributed by atoms with Crippen molar-refractivity contribution in [3.63, 3.8) is 0 Å². The van der Waals surface area contributed by atoms with Gasteiger partial charge >= 0.3 is 0 Å². The Morgan fingerprint density at radius 3 is 2.40 bits per heavy atom. The zero-order chi connectivity index (χ0) is 11.3. The molecule has 1 aromatic rings. The van der Waals surface area contributed by atoms with Crippen LogP contribution in [0, 0.1) is 5.41 Å². The predicted molar refractivity (Wildman–Crippen MR) is 64.5 cm³/mol. The van der Waals surface area contributed by atoms with E-state index in [0.29, 0.717) is 0 Å². The molecule has 1 nitrogen and oxygen atoms in total. The molecule has 0 saturated heterocycles. The molecule has 0 N–H and O–H groups in total. The third-order valence-electron chi connectivity index (χ3n) is 2.40. The van der Waals surface area contributed by atoms with Crippen LogP contribution in [-0.4, -0.2) is 6.29 Å². The van der Waals surface area contributed by atoms with Crippen LogP contribution in [0.5, 0.6) is 0 Å². The van der Waals surface area contributed by atoms with Gasteiger partial charge in [0.2, 0.25) is 0 Å². The van der Waals surface area contributed by atoms with Crippen molar-refractivity contribution in [2.24, 2.45) is 5.41 Å². The topological polar surface area (TPSA) is 17.1 Å². The summed E-state index contributed by atoms with van der Waals surface area (Å²) in [6.45, 7) is 7.61. The van der Waals surface area contributed by atoms with Crippen LogP contribution in [0.15, 0.2) is 48.6 Å². The fraction of sp³-hybridized carbons (Fsp3) is 0.214. The maximum atomic E-state index is 10.8. The van der Waals surface area contributed by atoms with Crippen LogP contribution in [0.3, 0.4) is 0 Å². The summed E-state index contributed by atoms with van der Waals surface area (Å²) in [5.74, 6) is 0. The van der Waals surface area contributed by atoms with Gasteiger partial charge in [-0.15, -0.1) is 0 Å². The van der Waals surface area contributed by atoms with Crippen molar-refractivity contribution in [3.05, 3.63) is 54.1 Å². The minimum Gasteiger partial charge on any atom is -0.302 e. The Bertz CT molecular complexity index is 372. The SMILES string of the molecule is C=C(/C=C/c1ccccc1)C(C)(C)C=O. The first-order valence-corrected chi connectivity index (χ1v) is 4.95. The van der Waals surface area contributed by atoms with Gasteiger partial charge in [0.15, 0.2) is 0 Å². The molecule has 0 radical (unpaired) electrons. The molecule has 78 valence electrons. The lowest BCUT2D eigenvalue weighted by molar-refractivity contribution is -0.113. The number of carbonyl (C=O) groups excluding carboxylic acids is 1. The zero-order valence-electron chi connectivity index (χ0n) is 9.23. The number of rotatable bonds is 4. The van der Waals surface area contributed by atoms with Crippen LogP contribution >= 0.6 is 0 Å². The molecule has 1 aromatic carbocycles. The lowest BCUT2D eigenvalue weighted by Gasteiger charge is -2.16. The molecule has 0 heterocycles. The molecular weight excluding hydrogens is 184 g/mol. The van der Waals surface area contributed by atoms with E-state index in [-0.39, 0.29) is 0 Å². The normalized spacial score (nSPS) is 11.6. The first-order chi connectivity index (χ1) is 7.06. The summed E-state index contributed by atoms with van der Waals surface area (Å²) >= 11 is 0. The minimum absolute atomic E-state index is 0.481. The molecular formula is C14H16O. The molecule has 0 amide bonds. The maximum absolute atomic E-state index is 10.8. The highest BCUT2D eigenvalue weighted by Gasteiger charge is 2.18. The number of hydrogen-bond donors (Lipinski definition) is 0. The number of benzene rings is 1. The third kappa shape index (κ3) is 3.21. The summed E-state index contributed by atoms with van der Waals surface area (Å²) in [6, 6.07) is 9.96. The summed E-state index contributed by atoms with van der Waals surface area (Å²) in [5.41, 5.74) is 1.45. The molecule has 1 heteroatoms. The summed E-state index contributed by atoms with van der Waals surface area (Å²) in [7, 11) is 0. The number of hydrogen-bond acceptors (Lipinski definition) is 1. The van der Waals surface area contributed by atoms with Crippen LogP contribution in [0.25, 0.3) is 6.08 Å². The molecule has 0 spiro atoms. The Hall–Kier alpha value is -1.63. The van der Waals surface area contributed by atoms with E-state index in [9.17, 15) is 4.79 Å². The highest BCUT2D eigenvalue weighted by atomic mass is 16.1. The van der Waals surface area contributed by atoms with Crippen molar-refractivity contribution < 1.29 is 4.79 Å². The van der Waals surface area contributed by atoms with E-state index in [1.807, 2.05) is 56.3 Å². The van der Waals surface area contributed by atoms with E-state index in [1.165, 1.54) is 0 Å². The molecule has 0 saturated carbocycles. The average molecular weight is 200 g/mol. The van der Waals surface area contributed by atoms with Crippen molar-refractivity contribution in [3.8, 4) is 0 Å². The summed E-state index contributed by atoms with van der Waals surface area (Å²) < 4.78 is 0. The number of allylic oxidation sites excluding steroid dienone is 2. The Kier molecular flexibility index (Phi) is 3.62. The monoisotopic (exact) mass is 200 g/mol. The fourth-order valence-electron chi connectivity index (χ4n) is 1.05. The Morgan fingerprint density at radius 2 is 1.87 bits per heavy atom. The molecule has 15 heavy (non-hydrogen) atoms. The van der Waals surface area contributed by atoms with E-state index in [1.54, 1.807) is 0 Å². The van der Waals surface area contributed by atoms with E-state index in [0.717, 1.165) is 17.4 Å². The van der Waals surface area contributed by atoms with Crippen LogP contribution in [0.4, 0.5) is 0 Å². The largest absolute Gasteiger partial charge is 0.302 e. The predicted octanol–water partition coefficient (Wildman–Crippen LogP) is 3.48. The van der Waals surface area contributed by atoms with Gasteiger partial charge in [-0.1, -0.05) is 49.1 Å². The molecule has 0 aliphatic rings.